The Morgan fingerprint density at radius 2 is 1.85 bits per heavy atom. The van der Waals surface area contributed by atoms with Crippen molar-refractivity contribution in [2.24, 2.45) is 0 Å². The first-order chi connectivity index (χ1) is 12.6. The van der Waals surface area contributed by atoms with E-state index in [1.54, 1.807) is 36.4 Å². The summed E-state index contributed by atoms with van der Waals surface area (Å²) >= 11 is 0. The first kappa shape index (κ1) is 19.2. The van der Waals surface area contributed by atoms with Crippen molar-refractivity contribution in [1.82, 2.24) is 5.32 Å². The van der Waals surface area contributed by atoms with Gasteiger partial charge >= 0.3 is 5.97 Å². The van der Waals surface area contributed by atoms with Gasteiger partial charge in [0.15, 0.2) is 6.61 Å². The van der Waals surface area contributed by atoms with Gasteiger partial charge in [-0.1, -0.05) is 36.4 Å². The zero-order chi connectivity index (χ0) is 18.8. The second-order valence-electron chi connectivity index (χ2n) is 5.37. The molecule has 0 heterocycles. The summed E-state index contributed by atoms with van der Waals surface area (Å²) in [5.74, 6) is -0.766. The van der Waals surface area contributed by atoms with E-state index in [0.717, 1.165) is 5.56 Å². The van der Waals surface area contributed by atoms with Gasteiger partial charge in [0.1, 0.15) is 11.6 Å². The van der Waals surface area contributed by atoms with Crippen molar-refractivity contribution in [3.8, 4) is 5.75 Å². The Hall–Kier alpha value is -3.15. The molecular weight excluding hydrogens is 337 g/mol. The van der Waals surface area contributed by atoms with Crippen molar-refractivity contribution in [1.29, 1.82) is 0 Å². The summed E-state index contributed by atoms with van der Waals surface area (Å²) in [6.45, 7) is -0.138. The Morgan fingerprint density at radius 1 is 1.12 bits per heavy atom. The second-order valence-corrected chi connectivity index (χ2v) is 5.37. The lowest BCUT2D eigenvalue weighted by Gasteiger charge is -2.06. The van der Waals surface area contributed by atoms with Gasteiger partial charge in [0.05, 0.1) is 7.11 Å². The zero-order valence-electron chi connectivity index (χ0n) is 14.4. The highest BCUT2D eigenvalue weighted by Crippen LogP contribution is 2.18. The van der Waals surface area contributed by atoms with Gasteiger partial charge in [-0.05, 0) is 30.2 Å². The largest absolute Gasteiger partial charge is 0.496 e. The van der Waals surface area contributed by atoms with Crippen LogP contribution >= 0.6 is 0 Å². The minimum atomic E-state index is -0.639. The first-order valence-electron chi connectivity index (χ1n) is 8.08. The summed E-state index contributed by atoms with van der Waals surface area (Å²) in [7, 11) is 1.54. The number of benzene rings is 2. The number of hydrogen-bond donors (Lipinski definition) is 1. The minimum Gasteiger partial charge on any atom is -0.496 e. The molecule has 0 aliphatic rings. The average Bonchev–Trinajstić information content (AvgIpc) is 2.66. The molecule has 2 aromatic carbocycles. The molecule has 0 saturated heterocycles. The van der Waals surface area contributed by atoms with Gasteiger partial charge in [0.2, 0.25) is 0 Å². The van der Waals surface area contributed by atoms with Crippen molar-refractivity contribution >= 4 is 18.0 Å². The number of amides is 1. The smallest absolute Gasteiger partial charge is 0.331 e. The van der Waals surface area contributed by atoms with E-state index in [1.165, 1.54) is 19.3 Å². The minimum absolute atomic E-state index is 0.258. The quantitative estimate of drug-likeness (QED) is 0.583. The summed E-state index contributed by atoms with van der Waals surface area (Å²) in [4.78, 5) is 23.4. The molecule has 0 saturated carbocycles. The van der Waals surface area contributed by atoms with Crippen LogP contribution in [0.5, 0.6) is 5.75 Å². The fraction of sp³-hybridized carbons (Fsp3) is 0.200. The maximum atomic E-state index is 13.4. The highest BCUT2D eigenvalue weighted by molar-refractivity contribution is 5.89. The summed E-state index contributed by atoms with van der Waals surface area (Å²) in [5.41, 5.74) is 1.24. The van der Waals surface area contributed by atoms with Crippen molar-refractivity contribution < 1.29 is 23.5 Å². The van der Waals surface area contributed by atoms with Crippen LogP contribution in [0.4, 0.5) is 4.39 Å². The highest BCUT2D eigenvalue weighted by atomic mass is 19.1. The monoisotopic (exact) mass is 357 g/mol. The Morgan fingerprint density at radius 3 is 2.62 bits per heavy atom. The number of hydrogen-bond acceptors (Lipinski definition) is 4. The third-order valence-corrected chi connectivity index (χ3v) is 3.56. The maximum absolute atomic E-state index is 13.4. The van der Waals surface area contributed by atoms with E-state index in [4.69, 9.17) is 9.47 Å². The lowest BCUT2D eigenvalue weighted by atomic mass is 10.1. The number of para-hydroxylation sites is 1. The third kappa shape index (κ3) is 6.05. The molecule has 2 aromatic rings. The second kappa shape index (κ2) is 9.98. The number of esters is 1. The van der Waals surface area contributed by atoms with Gasteiger partial charge in [-0.25, -0.2) is 9.18 Å². The molecule has 2 rings (SSSR count). The molecule has 0 spiro atoms. The number of carbonyl (C=O) groups is 2. The third-order valence-electron chi connectivity index (χ3n) is 3.56. The molecule has 6 heteroatoms. The molecule has 5 nitrogen and oxygen atoms in total. The molecule has 136 valence electrons. The summed E-state index contributed by atoms with van der Waals surface area (Å²) in [6, 6.07) is 13.6. The molecule has 1 amide bonds. The zero-order valence-corrected chi connectivity index (χ0v) is 14.4. The van der Waals surface area contributed by atoms with Crippen molar-refractivity contribution in [3.05, 3.63) is 71.6 Å². The van der Waals surface area contributed by atoms with Gasteiger partial charge < -0.3 is 14.8 Å². The predicted molar refractivity (Wildman–Crippen MR) is 96.1 cm³/mol. The van der Waals surface area contributed by atoms with Crippen LogP contribution in [0.3, 0.4) is 0 Å². The van der Waals surface area contributed by atoms with E-state index < -0.39 is 18.5 Å². The number of methoxy groups -OCH3 is 1. The average molecular weight is 357 g/mol. The van der Waals surface area contributed by atoms with Crippen molar-refractivity contribution in [3.63, 3.8) is 0 Å². The van der Waals surface area contributed by atoms with Gasteiger partial charge in [-0.2, -0.15) is 0 Å². The van der Waals surface area contributed by atoms with E-state index in [0.29, 0.717) is 17.7 Å². The number of rotatable bonds is 8. The van der Waals surface area contributed by atoms with Crippen LogP contribution in [0.1, 0.15) is 11.1 Å². The summed E-state index contributed by atoms with van der Waals surface area (Å²) in [5, 5.41) is 2.58. The number of ether oxygens (including phenoxy) is 2. The van der Waals surface area contributed by atoms with Crippen LogP contribution in [0.2, 0.25) is 0 Å². The summed E-state index contributed by atoms with van der Waals surface area (Å²) in [6.07, 6.45) is 3.14. The van der Waals surface area contributed by atoms with Crippen LogP contribution in [0.15, 0.2) is 54.6 Å². The Balaban J connectivity index is 1.72. The first-order valence-corrected chi connectivity index (χ1v) is 8.08. The van der Waals surface area contributed by atoms with Crippen molar-refractivity contribution in [2.45, 2.75) is 6.42 Å². The molecular formula is C20H20FNO4. The molecule has 0 unspecified atom stereocenters. The number of halogens is 1. The Kier molecular flexibility index (Phi) is 7.36. The lowest BCUT2D eigenvalue weighted by Crippen LogP contribution is -2.30. The number of carbonyl (C=O) groups excluding carboxylic acids is 2. The van der Waals surface area contributed by atoms with Gasteiger partial charge in [0, 0.05) is 18.2 Å². The fourth-order valence-electron chi connectivity index (χ4n) is 2.24. The Labute approximate surface area is 151 Å². The molecule has 0 aliphatic carbocycles. The van der Waals surface area contributed by atoms with Crippen LogP contribution in [-0.2, 0) is 20.7 Å². The molecule has 1 N–H and O–H groups in total. The van der Waals surface area contributed by atoms with E-state index in [9.17, 15) is 14.0 Å². The maximum Gasteiger partial charge on any atom is 0.331 e. The van der Waals surface area contributed by atoms with Crippen LogP contribution in [-0.4, -0.2) is 32.1 Å². The van der Waals surface area contributed by atoms with Crippen LogP contribution < -0.4 is 10.1 Å². The van der Waals surface area contributed by atoms with Gasteiger partial charge in [0.25, 0.3) is 5.91 Å². The molecule has 0 bridgehead atoms. The summed E-state index contributed by atoms with van der Waals surface area (Å²) < 4.78 is 23.5. The van der Waals surface area contributed by atoms with Gasteiger partial charge in [-0.15, -0.1) is 0 Å². The highest BCUT2D eigenvalue weighted by Gasteiger charge is 2.06. The standard InChI is InChI=1S/C20H20FNO4/c1-25-18-9-5-3-7-16(18)10-11-20(24)26-14-19(23)22-13-12-15-6-2-4-8-17(15)21/h2-11H,12-14H2,1H3,(H,22,23)/b11-10+. The molecule has 26 heavy (non-hydrogen) atoms. The predicted octanol–water partition coefficient (Wildman–Crippen LogP) is 2.75. The fourth-order valence-corrected chi connectivity index (χ4v) is 2.24. The van der Waals surface area contributed by atoms with E-state index in [-0.39, 0.29) is 12.4 Å². The lowest BCUT2D eigenvalue weighted by molar-refractivity contribution is -0.143. The molecule has 0 aromatic heterocycles. The molecule has 0 atom stereocenters. The van der Waals surface area contributed by atoms with Crippen LogP contribution in [0, 0.1) is 5.82 Å². The topological polar surface area (TPSA) is 64.6 Å². The molecule has 0 fully saturated rings. The van der Waals surface area contributed by atoms with E-state index in [2.05, 4.69) is 5.32 Å². The molecule has 0 radical (unpaired) electrons. The van der Waals surface area contributed by atoms with E-state index in [1.807, 2.05) is 12.1 Å². The normalized spacial score (nSPS) is 10.5. The van der Waals surface area contributed by atoms with Crippen LogP contribution in [0.25, 0.3) is 6.08 Å². The number of nitrogens with one attached hydrogen (secondary N) is 1. The van der Waals surface area contributed by atoms with Crippen molar-refractivity contribution in [2.75, 3.05) is 20.3 Å². The Bertz CT molecular complexity index is 789. The van der Waals surface area contributed by atoms with E-state index >= 15 is 0 Å². The molecule has 0 aliphatic heterocycles. The SMILES string of the molecule is COc1ccccc1/C=C/C(=O)OCC(=O)NCCc1ccccc1F. The van der Waals surface area contributed by atoms with Gasteiger partial charge in [-0.3, -0.25) is 4.79 Å².